The molecule has 2 aromatic rings. The normalized spacial score (nSPS) is 15.7. The molecule has 0 bridgehead atoms. The zero-order chi connectivity index (χ0) is 21.6. The van der Waals surface area contributed by atoms with Crippen LogP contribution >= 0.6 is 23.2 Å². The van der Waals surface area contributed by atoms with E-state index in [2.05, 4.69) is 5.32 Å². The molecule has 0 atom stereocenters. The molecule has 9 heteroatoms. The van der Waals surface area contributed by atoms with Crippen LogP contribution in [0.5, 0.6) is 5.75 Å². The average Bonchev–Trinajstić information content (AvgIpc) is 2.75. The van der Waals surface area contributed by atoms with E-state index in [9.17, 15) is 13.2 Å². The number of ether oxygens (including phenoxy) is 1. The number of nitrogens with one attached hydrogen (secondary N) is 1. The summed E-state index contributed by atoms with van der Waals surface area (Å²) < 4.78 is 32.5. The third kappa shape index (κ3) is 6.11. The predicted octanol–water partition coefficient (Wildman–Crippen LogP) is 3.73. The SMILES string of the molecule is O=C(NCCOc1ccccc1)C1CCN(S(=O)(=O)Cc2c(Cl)cccc2Cl)CC1. The number of halogens is 2. The third-order valence-corrected chi connectivity index (χ3v) is 7.53. The van der Waals surface area contributed by atoms with Gasteiger partial charge in [0.05, 0.1) is 12.3 Å². The summed E-state index contributed by atoms with van der Waals surface area (Å²) in [6, 6.07) is 14.3. The Balaban J connectivity index is 1.45. The number of sulfonamides is 1. The minimum absolute atomic E-state index is 0.0714. The van der Waals surface area contributed by atoms with Crippen LogP contribution in [0.2, 0.25) is 10.0 Å². The van der Waals surface area contributed by atoms with Gasteiger partial charge in [0.15, 0.2) is 0 Å². The van der Waals surface area contributed by atoms with Crippen molar-refractivity contribution in [1.29, 1.82) is 0 Å². The van der Waals surface area contributed by atoms with E-state index in [1.807, 2.05) is 30.3 Å². The minimum atomic E-state index is -3.57. The Bertz CT molecular complexity index is 942. The molecule has 6 nitrogen and oxygen atoms in total. The van der Waals surface area contributed by atoms with Gasteiger partial charge in [-0.1, -0.05) is 47.5 Å². The summed E-state index contributed by atoms with van der Waals surface area (Å²) >= 11 is 12.2. The van der Waals surface area contributed by atoms with Crippen molar-refractivity contribution in [2.75, 3.05) is 26.2 Å². The molecule has 1 saturated heterocycles. The molecular formula is C21H24Cl2N2O4S. The Morgan fingerprint density at radius 1 is 1.03 bits per heavy atom. The zero-order valence-electron chi connectivity index (χ0n) is 16.4. The molecular weight excluding hydrogens is 447 g/mol. The Labute approximate surface area is 187 Å². The summed E-state index contributed by atoms with van der Waals surface area (Å²) in [7, 11) is -3.57. The van der Waals surface area contributed by atoms with Gasteiger partial charge in [-0.05, 0) is 37.1 Å². The lowest BCUT2D eigenvalue weighted by molar-refractivity contribution is -0.126. The maximum Gasteiger partial charge on any atom is 0.223 e. The van der Waals surface area contributed by atoms with Crippen molar-refractivity contribution >= 4 is 39.1 Å². The van der Waals surface area contributed by atoms with Crippen LogP contribution in [0.4, 0.5) is 0 Å². The number of piperidine rings is 1. The second-order valence-corrected chi connectivity index (χ2v) is 9.87. The van der Waals surface area contributed by atoms with E-state index in [-0.39, 0.29) is 17.6 Å². The number of benzene rings is 2. The van der Waals surface area contributed by atoms with Gasteiger partial charge < -0.3 is 10.1 Å². The largest absolute Gasteiger partial charge is 0.492 e. The summed E-state index contributed by atoms with van der Waals surface area (Å²) in [4.78, 5) is 12.4. The zero-order valence-corrected chi connectivity index (χ0v) is 18.7. The highest BCUT2D eigenvalue weighted by atomic mass is 35.5. The first-order chi connectivity index (χ1) is 14.4. The average molecular weight is 471 g/mol. The first-order valence-corrected chi connectivity index (χ1v) is 12.1. The monoisotopic (exact) mass is 470 g/mol. The molecule has 1 N–H and O–H groups in total. The van der Waals surface area contributed by atoms with Gasteiger partial charge in [-0.25, -0.2) is 12.7 Å². The van der Waals surface area contributed by atoms with Crippen molar-refractivity contribution in [3.8, 4) is 5.75 Å². The summed E-state index contributed by atoms with van der Waals surface area (Å²) in [6.45, 7) is 1.37. The van der Waals surface area contributed by atoms with Crippen LogP contribution in [-0.4, -0.2) is 44.9 Å². The molecule has 0 unspecified atom stereocenters. The molecule has 1 aliphatic heterocycles. The Morgan fingerprint density at radius 3 is 2.30 bits per heavy atom. The van der Waals surface area contributed by atoms with E-state index in [0.29, 0.717) is 54.7 Å². The quantitative estimate of drug-likeness (QED) is 0.596. The fourth-order valence-corrected chi connectivity index (χ4v) is 5.66. The lowest BCUT2D eigenvalue weighted by Crippen LogP contribution is -2.44. The molecule has 0 aromatic heterocycles. The molecule has 1 amide bonds. The van der Waals surface area contributed by atoms with E-state index in [0.717, 1.165) is 5.75 Å². The molecule has 0 saturated carbocycles. The van der Waals surface area contributed by atoms with E-state index in [1.54, 1.807) is 18.2 Å². The predicted molar refractivity (Wildman–Crippen MR) is 118 cm³/mol. The van der Waals surface area contributed by atoms with Crippen LogP contribution in [0, 0.1) is 5.92 Å². The molecule has 0 spiro atoms. The number of carbonyl (C=O) groups is 1. The van der Waals surface area contributed by atoms with E-state index in [1.165, 1.54) is 4.31 Å². The smallest absolute Gasteiger partial charge is 0.223 e. The van der Waals surface area contributed by atoms with Crippen molar-refractivity contribution in [3.63, 3.8) is 0 Å². The highest BCUT2D eigenvalue weighted by Crippen LogP contribution is 2.28. The second kappa shape index (κ2) is 10.5. The van der Waals surface area contributed by atoms with Gasteiger partial charge in [-0.2, -0.15) is 0 Å². The van der Waals surface area contributed by atoms with E-state index in [4.69, 9.17) is 27.9 Å². The van der Waals surface area contributed by atoms with Gasteiger partial charge in [-0.15, -0.1) is 0 Å². The topological polar surface area (TPSA) is 75.7 Å². The maximum absolute atomic E-state index is 12.8. The van der Waals surface area contributed by atoms with E-state index >= 15 is 0 Å². The Kier molecular flexibility index (Phi) is 7.99. The summed E-state index contributed by atoms with van der Waals surface area (Å²) in [5.41, 5.74) is 0.402. The molecule has 2 aromatic carbocycles. The standard InChI is InChI=1S/C21H24Cl2N2O4S/c22-19-7-4-8-20(23)18(19)15-30(27,28)25-12-9-16(10-13-25)21(26)24-11-14-29-17-5-2-1-3-6-17/h1-8,16H,9-15H2,(H,24,26). The van der Waals surface area contributed by atoms with Crippen LogP contribution in [0.3, 0.4) is 0 Å². The van der Waals surface area contributed by atoms with Crippen molar-refractivity contribution in [2.45, 2.75) is 18.6 Å². The van der Waals surface area contributed by atoms with Crippen LogP contribution in [-0.2, 0) is 20.6 Å². The van der Waals surface area contributed by atoms with Crippen molar-refractivity contribution in [3.05, 3.63) is 64.1 Å². The fourth-order valence-electron chi connectivity index (χ4n) is 3.34. The third-order valence-electron chi connectivity index (χ3n) is 5.02. The number of hydrogen-bond acceptors (Lipinski definition) is 4. The number of hydrogen-bond donors (Lipinski definition) is 1. The first kappa shape index (κ1) is 22.9. The lowest BCUT2D eigenvalue weighted by Gasteiger charge is -2.30. The number of carbonyl (C=O) groups excluding carboxylic acids is 1. The number of nitrogens with zero attached hydrogens (tertiary/aromatic N) is 1. The van der Waals surface area contributed by atoms with Crippen molar-refractivity contribution < 1.29 is 17.9 Å². The summed E-state index contributed by atoms with van der Waals surface area (Å²) in [5.74, 6) is 0.220. The number of para-hydroxylation sites is 1. The van der Waals surface area contributed by atoms with E-state index < -0.39 is 10.0 Å². The Hall–Kier alpha value is -1.80. The number of amides is 1. The molecule has 1 fully saturated rings. The molecule has 30 heavy (non-hydrogen) atoms. The van der Waals surface area contributed by atoms with Gasteiger partial charge in [0.2, 0.25) is 15.9 Å². The highest BCUT2D eigenvalue weighted by molar-refractivity contribution is 7.88. The molecule has 1 aliphatic rings. The van der Waals surface area contributed by atoms with Gasteiger partial charge >= 0.3 is 0 Å². The van der Waals surface area contributed by atoms with Crippen molar-refractivity contribution in [2.24, 2.45) is 5.92 Å². The fraction of sp³-hybridized carbons (Fsp3) is 0.381. The van der Waals surface area contributed by atoms with Gasteiger partial charge in [0, 0.05) is 34.6 Å². The van der Waals surface area contributed by atoms with Crippen LogP contribution in [0.25, 0.3) is 0 Å². The van der Waals surface area contributed by atoms with Crippen LogP contribution in [0.15, 0.2) is 48.5 Å². The maximum atomic E-state index is 12.8. The molecule has 1 heterocycles. The van der Waals surface area contributed by atoms with Crippen molar-refractivity contribution in [1.82, 2.24) is 9.62 Å². The summed E-state index contributed by atoms with van der Waals surface area (Å²) in [6.07, 6.45) is 0.946. The molecule has 3 rings (SSSR count). The van der Waals surface area contributed by atoms with Gasteiger partial charge in [0.25, 0.3) is 0 Å². The summed E-state index contributed by atoms with van der Waals surface area (Å²) in [5, 5.41) is 3.53. The number of rotatable bonds is 8. The second-order valence-electron chi connectivity index (χ2n) is 7.08. The highest BCUT2D eigenvalue weighted by Gasteiger charge is 2.31. The van der Waals surface area contributed by atoms with Crippen LogP contribution < -0.4 is 10.1 Å². The minimum Gasteiger partial charge on any atom is -0.492 e. The Morgan fingerprint density at radius 2 is 1.67 bits per heavy atom. The molecule has 0 aliphatic carbocycles. The lowest BCUT2D eigenvalue weighted by atomic mass is 9.97. The first-order valence-electron chi connectivity index (χ1n) is 9.73. The molecule has 162 valence electrons. The van der Waals surface area contributed by atoms with Crippen LogP contribution in [0.1, 0.15) is 18.4 Å². The molecule has 0 radical (unpaired) electrons. The van der Waals surface area contributed by atoms with Gasteiger partial charge in [0.1, 0.15) is 12.4 Å². The van der Waals surface area contributed by atoms with Gasteiger partial charge in [-0.3, -0.25) is 4.79 Å².